The Kier molecular flexibility index (Phi) is 4.43. The molecule has 0 saturated carbocycles. The number of anilines is 2. The Morgan fingerprint density at radius 2 is 1.81 bits per heavy atom. The lowest BCUT2D eigenvalue weighted by Crippen LogP contribution is -2.14. The van der Waals surface area contributed by atoms with Crippen molar-refractivity contribution in [3.8, 4) is 5.75 Å². The van der Waals surface area contributed by atoms with E-state index in [0.29, 0.717) is 15.8 Å². The molecule has 0 aromatic heterocycles. The molecule has 0 aliphatic carbocycles. The molecule has 2 aromatic rings. The molecule has 0 fully saturated rings. The van der Waals surface area contributed by atoms with Crippen molar-refractivity contribution in [1.82, 2.24) is 0 Å². The van der Waals surface area contributed by atoms with Crippen LogP contribution in [-0.4, -0.2) is 15.5 Å². The van der Waals surface area contributed by atoms with Gasteiger partial charge in [-0.1, -0.05) is 17.7 Å². The molecule has 0 saturated heterocycles. The lowest BCUT2D eigenvalue weighted by atomic mass is 10.2. The monoisotopic (exact) mass is 370 g/mol. The van der Waals surface area contributed by atoms with Gasteiger partial charge in [-0.25, -0.2) is 8.42 Å². The first-order valence-corrected chi connectivity index (χ1v) is 8.33. The number of nitrogens with one attached hydrogen (secondary N) is 1. The van der Waals surface area contributed by atoms with E-state index in [1.165, 1.54) is 19.2 Å². The van der Waals surface area contributed by atoms with Crippen LogP contribution in [0.15, 0.2) is 45.8 Å². The number of sulfonamides is 1. The zero-order valence-corrected chi connectivity index (χ0v) is 14.0. The minimum Gasteiger partial charge on any atom is -0.495 e. The van der Waals surface area contributed by atoms with Crippen LogP contribution in [0.3, 0.4) is 0 Å². The molecule has 0 heterocycles. The predicted octanol–water partition coefficient (Wildman–Crippen LogP) is 3.15. The van der Waals surface area contributed by atoms with Crippen molar-refractivity contribution in [3.05, 3.63) is 46.4 Å². The highest BCUT2D eigenvalue weighted by Gasteiger charge is 2.21. The van der Waals surface area contributed by atoms with Crippen molar-refractivity contribution < 1.29 is 13.2 Å². The molecule has 0 unspecified atom stereocenters. The minimum atomic E-state index is -3.78. The lowest BCUT2D eigenvalue weighted by molar-refractivity contribution is 0.402. The maximum Gasteiger partial charge on any atom is 0.265 e. The number of benzene rings is 2. The molecule has 0 radical (unpaired) electrons. The molecule has 0 amide bonds. The van der Waals surface area contributed by atoms with Crippen LogP contribution in [0.5, 0.6) is 5.75 Å². The first-order valence-electron chi connectivity index (χ1n) is 6.06. The highest BCUT2D eigenvalue weighted by atomic mass is 79.9. The van der Waals surface area contributed by atoms with Gasteiger partial charge in [-0.15, -0.1) is 0 Å². The van der Waals surface area contributed by atoms with Crippen molar-refractivity contribution in [1.29, 1.82) is 0 Å². The first-order chi connectivity index (χ1) is 9.83. The van der Waals surface area contributed by atoms with Crippen molar-refractivity contribution in [3.63, 3.8) is 0 Å². The third kappa shape index (κ3) is 3.48. The number of ether oxygens (including phenoxy) is 1. The summed E-state index contributed by atoms with van der Waals surface area (Å²) in [6.07, 6.45) is 0. The molecule has 0 spiro atoms. The third-order valence-corrected chi connectivity index (χ3v) is 4.97. The molecular weight excluding hydrogens is 356 g/mol. The Bertz CT molecular complexity index is 759. The van der Waals surface area contributed by atoms with Crippen LogP contribution in [0.1, 0.15) is 5.56 Å². The van der Waals surface area contributed by atoms with E-state index in [1.807, 2.05) is 19.1 Å². The van der Waals surface area contributed by atoms with Gasteiger partial charge in [-0.05, 0) is 47.1 Å². The fourth-order valence-corrected chi connectivity index (χ4v) is 3.32. The molecule has 2 rings (SSSR count). The van der Waals surface area contributed by atoms with E-state index in [9.17, 15) is 8.42 Å². The summed E-state index contributed by atoms with van der Waals surface area (Å²) in [6, 6.07) is 9.93. The van der Waals surface area contributed by atoms with E-state index in [1.54, 1.807) is 12.1 Å². The van der Waals surface area contributed by atoms with Gasteiger partial charge in [0.2, 0.25) is 0 Å². The number of hydrogen-bond donors (Lipinski definition) is 2. The van der Waals surface area contributed by atoms with E-state index >= 15 is 0 Å². The Morgan fingerprint density at radius 1 is 1.19 bits per heavy atom. The normalized spacial score (nSPS) is 11.2. The maximum absolute atomic E-state index is 12.5. The molecule has 5 nitrogen and oxygen atoms in total. The quantitative estimate of drug-likeness (QED) is 0.809. The molecule has 0 bridgehead atoms. The average Bonchev–Trinajstić information content (AvgIpc) is 2.43. The summed E-state index contributed by atoms with van der Waals surface area (Å²) in [5, 5.41) is 0. The van der Waals surface area contributed by atoms with Gasteiger partial charge in [0, 0.05) is 15.8 Å². The van der Waals surface area contributed by atoms with E-state index < -0.39 is 10.0 Å². The van der Waals surface area contributed by atoms with Gasteiger partial charge in [-0.3, -0.25) is 4.72 Å². The lowest BCUT2D eigenvalue weighted by Gasteiger charge is -2.13. The van der Waals surface area contributed by atoms with Gasteiger partial charge in [0.25, 0.3) is 10.0 Å². The second-order valence-electron chi connectivity index (χ2n) is 4.50. The summed E-state index contributed by atoms with van der Waals surface area (Å²) in [5.41, 5.74) is 7.60. The predicted molar refractivity (Wildman–Crippen MR) is 87.1 cm³/mol. The van der Waals surface area contributed by atoms with Crippen molar-refractivity contribution in [2.24, 2.45) is 0 Å². The molecule has 0 aliphatic heterocycles. The van der Waals surface area contributed by atoms with E-state index in [-0.39, 0.29) is 10.6 Å². The molecule has 0 atom stereocenters. The number of hydrogen-bond acceptors (Lipinski definition) is 4. The Balaban J connectivity index is 2.44. The first kappa shape index (κ1) is 15.7. The standard InChI is InChI=1S/C14H15BrN2O3S/c1-9-3-5-10(6-4-9)17-21(18,19)14-8-12(16)11(15)7-13(14)20-2/h3-8,17H,16H2,1-2H3. The zero-order chi connectivity index (χ0) is 15.6. The van der Waals surface area contributed by atoms with Crippen molar-refractivity contribution >= 4 is 37.3 Å². The topological polar surface area (TPSA) is 81.4 Å². The van der Waals surface area contributed by atoms with E-state index in [2.05, 4.69) is 20.7 Å². The molecule has 21 heavy (non-hydrogen) atoms. The Labute approximate surface area is 132 Å². The van der Waals surface area contributed by atoms with Crippen LogP contribution < -0.4 is 15.2 Å². The largest absolute Gasteiger partial charge is 0.495 e. The second kappa shape index (κ2) is 5.95. The summed E-state index contributed by atoms with van der Waals surface area (Å²) >= 11 is 3.24. The van der Waals surface area contributed by atoms with Gasteiger partial charge in [0.05, 0.1) is 7.11 Å². The minimum absolute atomic E-state index is 0.00808. The van der Waals surface area contributed by atoms with Crippen molar-refractivity contribution in [2.45, 2.75) is 11.8 Å². The van der Waals surface area contributed by atoms with Gasteiger partial charge >= 0.3 is 0 Å². The van der Waals surface area contributed by atoms with Gasteiger partial charge < -0.3 is 10.5 Å². The van der Waals surface area contributed by atoms with Crippen LogP contribution in [0.4, 0.5) is 11.4 Å². The number of rotatable bonds is 4. The van der Waals surface area contributed by atoms with Gasteiger partial charge in [-0.2, -0.15) is 0 Å². The molecule has 2 aromatic carbocycles. The number of nitrogens with two attached hydrogens (primary N) is 1. The van der Waals surface area contributed by atoms with Crippen LogP contribution in [0.25, 0.3) is 0 Å². The highest BCUT2D eigenvalue weighted by Crippen LogP contribution is 2.33. The summed E-state index contributed by atoms with van der Waals surface area (Å²) in [4.78, 5) is -0.00808. The SMILES string of the molecule is COc1cc(Br)c(N)cc1S(=O)(=O)Nc1ccc(C)cc1. The summed E-state index contributed by atoms with van der Waals surface area (Å²) in [7, 11) is -2.38. The fraction of sp³-hybridized carbons (Fsp3) is 0.143. The maximum atomic E-state index is 12.5. The average molecular weight is 371 g/mol. The number of halogens is 1. The molecule has 112 valence electrons. The fourth-order valence-electron chi connectivity index (χ4n) is 1.75. The van der Waals surface area contributed by atoms with Crippen LogP contribution in [0, 0.1) is 6.92 Å². The second-order valence-corrected chi connectivity index (χ2v) is 7.00. The van der Waals surface area contributed by atoms with Crippen molar-refractivity contribution in [2.75, 3.05) is 17.6 Å². The number of methoxy groups -OCH3 is 1. The molecule has 7 heteroatoms. The van der Waals surface area contributed by atoms with Crippen LogP contribution in [0.2, 0.25) is 0 Å². The van der Waals surface area contributed by atoms with E-state index in [4.69, 9.17) is 10.5 Å². The third-order valence-electron chi connectivity index (χ3n) is 2.88. The molecular formula is C14H15BrN2O3S. The number of nitrogen functional groups attached to an aromatic ring is 1. The number of aryl methyl sites for hydroxylation is 1. The van der Waals surface area contributed by atoms with Gasteiger partial charge in [0.15, 0.2) is 0 Å². The Hall–Kier alpha value is -1.73. The Morgan fingerprint density at radius 3 is 2.38 bits per heavy atom. The van der Waals surface area contributed by atoms with E-state index in [0.717, 1.165) is 5.56 Å². The zero-order valence-electron chi connectivity index (χ0n) is 11.6. The van der Waals surface area contributed by atoms with Gasteiger partial charge in [0.1, 0.15) is 10.6 Å². The smallest absolute Gasteiger partial charge is 0.265 e. The molecule has 0 aliphatic rings. The molecule has 3 N–H and O–H groups in total. The highest BCUT2D eigenvalue weighted by molar-refractivity contribution is 9.10. The summed E-state index contributed by atoms with van der Waals surface area (Å²) in [5.74, 6) is 0.218. The van der Waals surface area contributed by atoms with Crippen LogP contribution >= 0.6 is 15.9 Å². The summed E-state index contributed by atoms with van der Waals surface area (Å²) in [6.45, 7) is 1.93. The summed E-state index contributed by atoms with van der Waals surface area (Å²) < 4.78 is 33.1. The van der Waals surface area contributed by atoms with Crippen LogP contribution in [-0.2, 0) is 10.0 Å².